The molecule has 0 aliphatic heterocycles. The summed E-state index contributed by atoms with van der Waals surface area (Å²) in [4.78, 5) is 18.5. The van der Waals surface area contributed by atoms with Crippen LogP contribution in [0, 0.1) is 6.92 Å². The van der Waals surface area contributed by atoms with E-state index in [2.05, 4.69) is 20.6 Å². The number of amides is 1. The molecule has 8 nitrogen and oxygen atoms in total. The summed E-state index contributed by atoms with van der Waals surface area (Å²) in [5, 5.41) is 11.5. The van der Waals surface area contributed by atoms with Crippen LogP contribution in [0.3, 0.4) is 0 Å². The molecule has 1 amide bonds. The van der Waals surface area contributed by atoms with Gasteiger partial charge in [-0.3, -0.25) is 14.5 Å². The highest BCUT2D eigenvalue weighted by atomic mass is 16.5. The van der Waals surface area contributed by atoms with E-state index >= 15 is 0 Å². The average Bonchev–Trinajstić information content (AvgIpc) is 3.17. The highest BCUT2D eigenvalue weighted by Gasteiger charge is 2.23. The lowest BCUT2D eigenvalue weighted by Gasteiger charge is -2.15. The number of hydrogen-bond acceptors (Lipinski definition) is 6. The number of aromatic nitrogens is 4. The van der Waals surface area contributed by atoms with Crippen molar-refractivity contribution in [2.24, 2.45) is 7.05 Å². The predicted molar refractivity (Wildman–Crippen MR) is 98.3 cm³/mol. The van der Waals surface area contributed by atoms with Crippen LogP contribution in [0.4, 0.5) is 11.5 Å². The summed E-state index contributed by atoms with van der Waals surface area (Å²) in [6.07, 6.45) is 1.71. The Balaban J connectivity index is 1.98. The van der Waals surface area contributed by atoms with Gasteiger partial charge in [0.15, 0.2) is 17.3 Å². The topological polar surface area (TPSA) is 89.1 Å². The van der Waals surface area contributed by atoms with E-state index in [9.17, 15) is 4.79 Å². The number of carbonyl (C=O) groups is 1. The van der Waals surface area contributed by atoms with Gasteiger partial charge in [-0.2, -0.15) is 5.10 Å². The third kappa shape index (κ3) is 3.30. The van der Waals surface area contributed by atoms with Gasteiger partial charge in [-0.15, -0.1) is 0 Å². The van der Waals surface area contributed by atoms with Crippen LogP contribution in [0.5, 0.6) is 0 Å². The van der Waals surface area contributed by atoms with Crippen molar-refractivity contribution in [3.63, 3.8) is 0 Å². The molecule has 0 radical (unpaired) electrons. The normalized spacial score (nSPS) is 11.0. The Hall–Kier alpha value is -3.16. The molecule has 8 heteroatoms. The summed E-state index contributed by atoms with van der Waals surface area (Å²) < 4.78 is 6.95. The Morgan fingerprint density at radius 3 is 2.77 bits per heavy atom. The molecule has 26 heavy (non-hydrogen) atoms. The smallest absolute Gasteiger partial charge is 0.269 e. The van der Waals surface area contributed by atoms with Gasteiger partial charge in [0, 0.05) is 32.4 Å². The van der Waals surface area contributed by atoms with Crippen LogP contribution in [0.1, 0.15) is 30.1 Å². The molecule has 136 valence electrons. The Bertz CT molecular complexity index is 913. The number of nitrogens with zero attached hydrogens (tertiary/aromatic N) is 5. The fourth-order valence-corrected chi connectivity index (χ4v) is 2.71. The van der Waals surface area contributed by atoms with Crippen LogP contribution in [0.15, 0.2) is 35.0 Å². The maximum atomic E-state index is 12.3. The monoisotopic (exact) mass is 354 g/mol. The number of anilines is 2. The Kier molecular flexibility index (Phi) is 4.75. The van der Waals surface area contributed by atoms with Crippen LogP contribution < -0.4 is 10.2 Å². The summed E-state index contributed by atoms with van der Waals surface area (Å²) in [5.74, 6) is 1.10. The average molecular weight is 354 g/mol. The zero-order chi connectivity index (χ0) is 18.8. The molecule has 0 atom stereocenters. The van der Waals surface area contributed by atoms with Gasteiger partial charge in [0.2, 0.25) is 0 Å². The van der Waals surface area contributed by atoms with E-state index in [0.29, 0.717) is 28.7 Å². The summed E-state index contributed by atoms with van der Waals surface area (Å²) in [6.45, 7) is 5.67. The maximum absolute atomic E-state index is 12.3. The van der Waals surface area contributed by atoms with Crippen LogP contribution in [0.25, 0.3) is 11.4 Å². The zero-order valence-electron chi connectivity index (χ0n) is 15.5. The lowest BCUT2D eigenvalue weighted by Crippen LogP contribution is -2.31. The van der Waals surface area contributed by atoms with Crippen LogP contribution in [-0.2, 0) is 7.05 Å². The number of hydrogen-bond donors (Lipinski definition) is 1. The van der Waals surface area contributed by atoms with Crippen LogP contribution in [0.2, 0.25) is 0 Å². The molecule has 3 aromatic rings. The van der Waals surface area contributed by atoms with Gasteiger partial charge in [0.25, 0.3) is 5.91 Å². The Labute approximate surface area is 151 Å². The van der Waals surface area contributed by atoms with E-state index in [0.717, 1.165) is 5.69 Å². The summed E-state index contributed by atoms with van der Waals surface area (Å²) in [5.41, 5.74) is 2.58. The summed E-state index contributed by atoms with van der Waals surface area (Å²) >= 11 is 0. The molecule has 3 aromatic heterocycles. The molecule has 0 saturated carbocycles. The van der Waals surface area contributed by atoms with E-state index in [1.54, 1.807) is 24.0 Å². The van der Waals surface area contributed by atoms with Gasteiger partial charge in [0.05, 0.1) is 5.69 Å². The maximum Gasteiger partial charge on any atom is 0.269 e. The molecule has 0 unspecified atom stereocenters. The van der Waals surface area contributed by atoms with Crippen molar-refractivity contribution in [1.29, 1.82) is 0 Å². The third-order valence-electron chi connectivity index (χ3n) is 3.94. The second kappa shape index (κ2) is 6.99. The lowest BCUT2D eigenvalue weighted by atomic mass is 10.2. The van der Waals surface area contributed by atoms with Gasteiger partial charge in [0.1, 0.15) is 11.4 Å². The van der Waals surface area contributed by atoms with E-state index in [-0.39, 0.29) is 11.9 Å². The highest BCUT2D eigenvalue weighted by molar-refractivity contribution is 5.94. The number of pyridine rings is 1. The van der Waals surface area contributed by atoms with Crippen molar-refractivity contribution in [2.75, 3.05) is 11.9 Å². The molecule has 0 saturated heterocycles. The SMILES string of the molecule is Cc1onc(-c2ccccn2)c1N(C)c1cc(C(=O)NC(C)C)n(C)n1. The van der Waals surface area contributed by atoms with Crippen molar-refractivity contribution in [2.45, 2.75) is 26.8 Å². The third-order valence-corrected chi connectivity index (χ3v) is 3.94. The number of rotatable bonds is 5. The minimum absolute atomic E-state index is 0.0506. The molecular formula is C18H22N6O2. The number of carbonyl (C=O) groups excluding carboxylic acids is 1. The lowest BCUT2D eigenvalue weighted by molar-refractivity contribution is 0.0933. The fraction of sp³-hybridized carbons (Fsp3) is 0.333. The fourth-order valence-electron chi connectivity index (χ4n) is 2.71. The van der Waals surface area contributed by atoms with Crippen molar-refractivity contribution in [3.05, 3.63) is 41.9 Å². The van der Waals surface area contributed by atoms with Gasteiger partial charge >= 0.3 is 0 Å². The van der Waals surface area contributed by atoms with E-state index in [1.807, 2.05) is 50.9 Å². The van der Waals surface area contributed by atoms with Gasteiger partial charge in [-0.1, -0.05) is 11.2 Å². The number of aryl methyl sites for hydroxylation is 2. The second-order valence-corrected chi connectivity index (χ2v) is 6.35. The second-order valence-electron chi connectivity index (χ2n) is 6.35. The van der Waals surface area contributed by atoms with Gasteiger partial charge in [-0.25, -0.2) is 0 Å². The molecule has 0 bridgehead atoms. The molecule has 3 rings (SSSR count). The van der Waals surface area contributed by atoms with Crippen molar-refractivity contribution >= 4 is 17.4 Å². The quantitative estimate of drug-likeness (QED) is 0.758. The molecule has 0 aliphatic carbocycles. The van der Waals surface area contributed by atoms with Gasteiger partial charge in [-0.05, 0) is 32.9 Å². The van der Waals surface area contributed by atoms with Crippen molar-refractivity contribution < 1.29 is 9.32 Å². The molecule has 0 aromatic carbocycles. The van der Waals surface area contributed by atoms with Gasteiger partial charge < -0.3 is 14.7 Å². The first-order valence-corrected chi connectivity index (χ1v) is 8.34. The molecule has 0 fully saturated rings. The van der Waals surface area contributed by atoms with Crippen molar-refractivity contribution in [1.82, 2.24) is 25.2 Å². The summed E-state index contributed by atoms with van der Waals surface area (Å²) in [6, 6.07) is 7.40. The molecule has 3 heterocycles. The van der Waals surface area contributed by atoms with Crippen LogP contribution in [-0.4, -0.2) is 38.9 Å². The van der Waals surface area contributed by atoms with Crippen molar-refractivity contribution in [3.8, 4) is 11.4 Å². The van der Waals surface area contributed by atoms with E-state index < -0.39 is 0 Å². The summed E-state index contributed by atoms with van der Waals surface area (Å²) in [7, 11) is 3.60. The largest absolute Gasteiger partial charge is 0.359 e. The first-order chi connectivity index (χ1) is 12.4. The standard InChI is InChI=1S/C18H22N6O2/c1-11(2)20-18(25)14-10-15(21-24(14)5)23(4)17-12(3)26-22-16(17)13-8-6-7-9-19-13/h6-11H,1-5H3,(H,20,25). The van der Waals surface area contributed by atoms with Crippen LogP contribution >= 0.6 is 0 Å². The molecule has 0 spiro atoms. The molecule has 0 aliphatic rings. The minimum atomic E-state index is -0.165. The minimum Gasteiger partial charge on any atom is -0.359 e. The predicted octanol–water partition coefficient (Wildman–Crippen LogP) is 2.68. The Morgan fingerprint density at radius 2 is 2.12 bits per heavy atom. The Morgan fingerprint density at radius 1 is 1.35 bits per heavy atom. The van der Waals surface area contributed by atoms with E-state index in [1.165, 1.54) is 0 Å². The first kappa shape index (κ1) is 17.7. The molecular weight excluding hydrogens is 332 g/mol. The first-order valence-electron chi connectivity index (χ1n) is 8.34. The van der Waals surface area contributed by atoms with E-state index in [4.69, 9.17) is 4.52 Å². The zero-order valence-corrected chi connectivity index (χ0v) is 15.5. The highest BCUT2D eigenvalue weighted by Crippen LogP contribution is 2.35. The number of nitrogens with one attached hydrogen (secondary N) is 1. The molecule has 1 N–H and O–H groups in total.